The molecule has 0 saturated heterocycles. The number of amides is 2. The van der Waals surface area contributed by atoms with E-state index in [4.69, 9.17) is 4.74 Å². The van der Waals surface area contributed by atoms with Crippen molar-refractivity contribution in [2.24, 2.45) is 0 Å². The Balaban J connectivity index is 1.24. The Bertz CT molecular complexity index is 1280. The summed E-state index contributed by atoms with van der Waals surface area (Å²) in [5.74, 6) is 0.420. The Kier molecular flexibility index (Phi) is 8.33. The lowest BCUT2D eigenvalue weighted by molar-refractivity contribution is -0.114. The van der Waals surface area contributed by atoms with Gasteiger partial charge in [0.25, 0.3) is 5.91 Å². The van der Waals surface area contributed by atoms with Gasteiger partial charge in [0.1, 0.15) is 5.75 Å². The standard InChI is InChI=1S/C30H29N3O3/c1-33(27-13-6-3-7-14-27)30(35)24-11-8-12-26(21-24)32-29(34)22-31-25-15-17-28(18-16-25)36-20-19-23-9-4-2-5-10-23/h2-18,21,31H,19-20,22H2,1H3,(H,32,34). The van der Waals surface area contributed by atoms with Crippen LogP contribution >= 0.6 is 0 Å². The lowest BCUT2D eigenvalue weighted by atomic mass is 10.1. The molecule has 0 unspecified atom stereocenters. The third kappa shape index (κ3) is 6.96. The molecule has 0 spiro atoms. The summed E-state index contributed by atoms with van der Waals surface area (Å²) in [5.41, 5.74) is 3.91. The van der Waals surface area contributed by atoms with Crippen molar-refractivity contribution in [3.63, 3.8) is 0 Å². The highest BCUT2D eigenvalue weighted by Crippen LogP contribution is 2.18. The van der Waals surface area contributed by atoms with Crippen molar-refractivity contribution in [2.45, 2.75) is 6.42 Å². The van der Waals surface area contributed by atoms with Crippen LogP contribution in [0.15, 0.2) is 109 Å². The van der Waals surface area contributed by atoms with Crippen molar-refractivity contribution < 1.29 is 14.3 Å². The second kappa shape index (κ2) is 12.2. The van der Waals surface area contributed by atoms with Gasteiger partial charge in [0.05, 0.1) is 13.2 Å². The smallest absolute Gasteiger partial charge is 0.258 e. The van der Waals surface area contributed by atoms with Gasteiger partial charge in [-0.2, -0.15) is 0 Å². The van der Waals surface area contributed by atoms with Crippen LogP contribution in [-0.2, 0) is 11.2 Å². The molecular weight excluding hydrogens is 450 g/mol. The summed E-state index contributed by atoms with van der Waals surface area (Å²) in [6.07, 6.45) is 0.844. The van der Waals surface area contributed by atoms with E-state index in [2.05, 4.69) is 22.8 Å². The summed E-state index contributed by atoms with van der Waals surface area (Å²) in [5, 5.41) is 5.95. The third-order valence-corrected chi connectivity index (χ3v) is 5.65. The Morgan fingerprint density at radius 3 is 2.19 bits per heavy atom. The first-order valence-electron chi connectivity index (χ1n) is 11.8. The number of hydrogen-bond donors (Lipinski definition) is 2. The SMILES string of the molecule is CN(C(=O)c1cccc(NC(=O)CNc2ccc(OCCc3ccccc3)cc2)c1)c1ccccc1. The molecule has 0 heterocycles. The molecule has 4 aromatic carbocycles. The van der Waals surface area contributed by atoms with Gasteiger partial charge in [-0.3, -0.25) is 9.59 Å². The fourth-order valence-electron chi connectivity index (χ4n) is 3.68. The molecule has 4 rings (SSSR count). The van der Waals surface area contributed by atoms with Crippen molar-refractivity contribution in [1.82, 2.24) is 0 Å². The van der Waals surface area contributed by atoms with E-state index in [9.17, 15) is 9.59 Å². The molecule has 0 aliphatic carbocycles. The van der Waals surface area contributed by atoms with Crippen LogP contribution < -0.4 is 20.3 Å². The van der Waals surface area contributed by atoms with E-state index in [1.54, 1.807) is 36.2 Å². The molecule has 4 aromatic rings. The number of para-hydroxylation sites is 1. The molecule has 0 fully saturated rings. The number of nitrogens with zero attached hydrogens (tertiary/aromatic N) is 1. The van der Waals surface area contributed by atoms with Crippen LogP contribution in [0.3, 0.4) is 0 Å². The van der Waals surface area contributed by atoms with E-state index in [1.807, 2.05) is 72.8 Å². The summed E-state index contributed by atoms with van der Waals surface area (Å²) in [6.45, 7) is 0.693. The number of benzene rings is 4. The molecule has 0 aliphatic heterocycles. The van der Waals surface area contributed by atoms with Gasteiger partial charge in [0.15, 0.2) is 0 Å². The van der Waals surface area contributed by atoms with Gasteiger partial charge in [-0.15, -0.1) is 0 Å². The molecule has 36 heavy (non-hydrogen) atoms. The first-order chi connectivity index (χ1) is 17.6. The first-order valence-corrected chi connectivity index (χ1v) is 11.8. The zero-order valence-corrected chi connectivity index (χ0v) is 20.2. The molecule has 2 amide bonds. The summed E-state index contributed by atoms with van der Waals surface area (Å²) >= 11 is 0. The van der Waals surface area contributed by atoms with E-state index >= 15 is 0 Å². The number of ether oxygens (including phenoxy) is 1. The molecule has 0 bridgehead atoms. The molecule has 0 atom stereocenters. The van der Waals surface area contributed by atoms with E-state index in [0.29, 0.717) is 17.9 Å². The lowest BCUT2D eigenvalue weighted by Crippen LogP contribution is -2.26. The van der Waals surface area contributed by atoms with Gasteiger partial charge in [0, 0.05) is 36.1 Å². The van der Waals surface area contributed by atoms with Crippen LogP contribution in [0.1, 0.15) is 15.9 Å². The molecule has 2 N–H and O–H groups in total. The monoisotopic (exact) mass is 479 g/mol. The number of carbonyl (C=O) groups is 2. The highest BCUT2D eigenvalue weighted by molar-refractivity contribution is 6.06. The maximum atomic E-state index is 12.8. The Hall–Kier alpha value is -4.58. The molecule has 182 valence electrons. The van der Waals surface area contributed by atoms with Gasteiger partial charge in [-0.25, -0.2) is 0 Å². The molecule has 0 radical (unpaired) electrons. The number of anilines is 3. The second-order valence-corrected chi connectivity index (χ2v) is 8.29. The molecule has 0 saturated carbocycles. The number of carbonyl (C=O) groups excluding carboxylic acids is 2. The number of hydrogen-bond acceptors (Lipinski definition) is 4. The van der Waals surface area contributed by atoms with Crippen molar-refractivity contribution in [1.29, 1.82) is 0 Å². The van der Waals surface area contributed by atoms with Gasteiger partial charge in [-0.05, 0) is 60.2 Å². The second-order valence-electron chi connectivity index (χ2n) is 8.29. The van der Waals surface area contributed by atoms with E-state index in [0.717, 1.165) is 23.5 Å². The van der Waals surface area contributed by atoms with Gasteiger partial charge >= 0.3 is 0 Å². The van der Waals surface area contributed by atoms with Crippen LogP contribution in [0.4, 0.5) is 17.1 Å². The molecule has 6 heteroatoms. The van der Waals surface area contributed by atoms with Gasteiger partial charge < -0.3 is 20.3 Å². The molecule has 0 aromatic heterocycles. The van der Waals surface area contributed by atoms with Crippen molar-refractivity contribution in [2.75, 3.05) is 35.7 Å². The van der Waals surface area contributed by atoms with Gasteiger partial charge in [0.2, 0.25) is 5.91 Å². The third-order valence-electron chi connectivity index (χ3n) is 5.65. The van der Waals surface area contributed by atoms with E-state index in [-0.39, 0.29) is 18.4 Å². The zero-order chi connectivity index (χ0) is 25.2. The van der Waals surface area contributed by atoms with Crippen LogP contribution in [-0.4, -0.2) is 32.0 Å². The highest BCUT2D eigenvalue weighted by atomic mass is 16.5. The van der Waals surface area contributed by atoms with Gasteiger partial charge in [-0.1, -0.05) is 54.6 Å². The molecule has 6 nitrogen and oxygen atoms in total. The fourth-order valence-corrected chi connectivity index (χ4v) is 3.68. The Morgan fingerprint density at radius 1 is 0.778 bits per heavy atom. The minimum absolute atomic E-state index is 0.0936. The Labute approximate surface area is 211 Å². The number of rotatable bonds is 10. The number of nitrogens with one attached hydrogen (secondary N) is 2. The summed E-state index contributed by atoms with van der Waals surface area (Å²) in [4.78, 5) is 26.9. The zero-order valence-electron chi connectivity index (χ0n) is 20.2. The average molecular weight is 480 g/mol. The quantitative estimate of drug-likeness (QED) is 0.309. The molecular formula is C30H29N3O3. The summed E-state index contributed by atoms with van der Waals surface area (Å²) < 4.78 is 5.81. The molecule has 0 aliphatic rings. The van der Waals surface area contributed by atoms with E-state index in [1.165, 1.54) is 5.56 Å². The summed E-state index contributed by atoms with van der Waals surface area (Å²) in [6, 6.07) is 34.1. The maximum Gasteiger partial charge on any atom is 0.258 e. The minimum Gasteiger partial charge on any atom is -0.493 e. The van der Waals surface area contributed by atoms with Crippen LogP contribution in [0.2, 0.25) is 0 Å². The average Bonchev–Trinajstić information content (AvgIpc) is 2.93. The van der Waals surface area contributed by atoms with Crippen LogP contribution in [0, 0.1) is 0 Å². The predicted octanol–water partition coefficient (Wildman–Crippen LogP) is 5.64. The minimum atomic E-state index is -0.209. The maximum absolute atomic E-state index is 12.8. The van der Waals surface area contributed by atoms with Crippen molar-refractivity contribution >= 4 is 28.9 Å². The van der Waals surface area contributed by atoms with Crippen LogP contribution in [0.5, 0.6) is 5.75 Å². The predicted molar refractivity (Wildman–Crippen MR) is 145 cm³/mol. The van der Waals surface area contributed by atoms with Crippen molar-refractivity contribution in [3.05, 3.63) is 120 Å². The first kappa shape index (κ1) is 24.5. The Morgan fingerprint density at radius 2 is 1.47 bits per heavy atom. The largest absolute Gasteiger partial charge is 0.493 e. The topological polar surface area (TPSA) is 70.7 Å². The van der Waals surface area contributed by atoms with Crippen molar-refractivity contribution in [3.8, 4) is 5.75 Å². The highest BCUT2D eigenvalue weighted by Gasteiger charge is 2.14. The van der Waals surface area contributed by atoms with Crippen LogP contribution in [0.25, 0.3) is 0 Å². The van der Waals surface area contributed by atoms with E-state index < -0.39 is 0 Å². The normalized spacial score (nSPS) is 10.4. The lowest BCUT2D eigenvalue weighted by Gasteiger charge is -2.17. The summed E-state index contributed by atoms with van der Waals surface area (Å²) in [7, 11) is 1.73. The fraction of sp³-hybridized carbons (Fsp3) is 0.133.